The standard InChI is InChI=1S/C12H16N6O2/c1-13-10-15-11(18-4-3-14-8-18)17-12(16-10)20-7-9-2-5-19-6-9/h3-4,8-9H,2,5-7H2,1H3,(H,13,15,16,17). The molecule has 3 rings (SSSR count). The van der Waals surface area contributed by atoms with Crippen LogP contribution in [0.2, 0.25) is 0 Å². The van der Waals surface area contributed by atoms with E-state index in [1.54, 1.807) is 30.3 Å². The second-order valence-corrected chi connectivity index (χ2v) is 4.50. The van der Waals surface area contributed by atoms with Crippen LogP contribution in [-0.2, 0) is 4.74 Å². The van der Waals surface area contributed by atoms with Crippen molar-refractivity contribution in [2.45, 2.75) is 6.42 Å². The van der Waals surface area contributed by atoms with Crippen molar-refractivity contribution in [3.05, 3.63) is 18.7 Å². The monoisotopic (exact) mass is 276 g/mol. The molecule has 0 radical (unpaired) electrons. The zero-order valence-electron chi connectivity index (χ0n) is 11.2. The summed E-state index contributed by atoms with van der Waals surface area (Å²) in [5.74, 6) is 1.34. The number of ether oxygens (including phenoxy) is 2. The number of nitrogens with zero attached hydrogens (tertiary/aromatic N) is 5. The van der Waals surface area contributed by atoms with Crippen molar-refractivity contribution in [1.82, 2.24) is 24.5 Å². The molecule has 8 heteroatoms. The average Bonchev–Trinajstić information content (AvgIpc) is 3.17. The number of hydrogen-bond acceptors (Lipinski definition) is 7. The van der Waals surface area contributed by atoms with E-state index in [0.29, 0.717) is 30.4 Å². The van der Waals surface area contributed by atoms with Crippen LogP contribution in [0, 0.1) is 5.92 Å². The summed E-state index contributed by atoms with van der Waals surface area (Å²) >= 11 is 0. The highest BCUT2D eigenvalue weighted by Gasteiger charge is 2.17. The third-order valence-electron chi connectivity index (χ3n) is 3.03. The van der Waals surface area contributed by atoms with Gasteiger partial charge in [-0.1, -0.05) is 0 Å². The summed E-state index contributed by atoms with van der Waals surface area (Å²) in [6.07, 6.45) is 6.07. The van der Waals surface area contributed by atoms with Gasteiger partial charge in [0.25, 0.3) is 0 Å². The van der Waals surface area contributed by atoms with Gasteiger partial charge in [0.15, 0.2) is 0 Å². The minimum absolute atomic E-state index is 0.306. The first-order valence-electron chi connectivity index (χ1n) is 6.48. The van der Waals surface area contributed by atoms with Gasteiger partial charge in [-0.2, -0.15) is 15.0 Å². The fraction of sp³-hybridized carbons (Fsp3) is 0.500. The van der Waals surface area contributed by atoms with Crippen LogP contribution in [0.1, 0.15) is 6.42 Å². The molecule has 1 aliphatic rings. The van der Waals surface area contributed by atoms with Crippen LogP contribution in [0.4, 0.5) is 5.95 Å². The van der Waals surface area contributed by atoms with Gasteiger partial charge in [-0.3, -0.25) is 4.57 Å². The predicted molar refractivity (Wildman–Crippen MR) is 70.9 cm³/mol. The lowest BCUT2D eigenvalue weighted by atomic mass is 10.1. The summed E-state index contributed by atoms with van der Waals surface area (Å²) in [6, 6.07) is 0.306. The Bertz CT molecular complexity index is 553. The number of hydrogen-bond donors (Lipinski definition) is 1. The van der Waals surface area contributed by atoms with Gasteiger partial charge in [0, 0.05) is 32.0 Å². The molecule has 8 nitrogen and oxygen atoms in total. The van der Waals surface area contributed by atoms with E-state index in [-0.39, 0.29) is 0 Å². The largest absolute Gasteiger partial charge is 0.463 e. The molecule has 1 atom stereocenters. The number of nitrogens with one attached hydrogen (secondary N) is 1. The van der Waals surface area contributed by atoms with E-state index in [9.17, 15) is 0 Å². The Morgan fingerprint density at radius 1 is 1.45 bits per heavy atom. The summed E-state index contributed by atoms with van der Waals surface area (Å²) in [5.41, 5.74) is 0. The van der Waals surface area contributed by atoms with Gasteiger partial charge < -0.3 is 14.8 Å². The van der Waals surface area contributed by atoms with Crippen molar-refractivity contribution in [3.63, 3.8) is 0 Å². The molecule has 0 aliphatic carbocycles. The molecule has 0 spiro atoms. The van der Waals surface area contributed by atoms with Crippen molar-refractivity contribution in [2.24, 2.45) is 5.92 Å². The number of aromatic nitrogens is 5. The van der Waals surface area contributed by atoms with Crippen LogP contribution < -0.4 is 10.1 Å². The van der Waals surface area contributed by atoms with Crippen molar-refractivity contribution in [1.29, 1.82) is 0 Å². The minimum atomic E-state index is 0.306. The molecular weight excluding hydrogens is 260 g/mol. The third-order valence-corrected chi connectivity index (χ3v) is 3.03. The van der Waals surface area contributed by atoms with Gasteiger partial charge in [-0.05, 0) is 6.42 Å². The summed E-state index contributed by atoms with van der Waals surface area (Å²) in [4.78, 5) is 16.7. The van der Waals surface area contributed by atoms with Crippen LogP contribution in [0.3, 0.4) is 0 Å². The second-order valence-electron chi connectivity index (χ2n) is 4.50. The molecule has 3 heterocycles. The molecule has 0 saturated carbocycles. The molecule has 106 valence electrons. The van der Waals surface area contributed by atoms with Gasteiger partial charge in [0.1, 0.15) is 6.33 Å². The topological polar surface area (TPSA) is 87.0 Å². The molecular formula is C12H16N6O2. The summed E-state index contributed by atoms with van der Waals surface area (Å²) in [5, 5.41) is 2.90. The molecule has 20 heavy (non-hydrogen) atoms. The molecule has 1 aliphatic heterocycles. The molecule has 1 N–H and O–H groups in total. The Hall–Kier alpha value is -2.22. The van der Waals surface area contributed by atoms with E-state index < -0.39 is 0 Å². The first-order valence-corrected chi connectivity index (χ1v) is 6.48. The van der Waals surface area contributed by atoms with Crippen LogP contribution >= 0.6 is 0 Å². The molecule has 0 aromatic carbocycles. The van der Waals surface area contributed by atoms with Crippen molar-refractivity contribution in [3.8, 4) is 12.0 Å². The Balaban J connectivity index is 1.77. The highest BCUT2D eigenvalue weighted by molar-refractivity contribution is 5.29. The molecule has 1 unspecified atom stereocenters. The molecule has 2 aromatic rings. The van der Waals surface area contributed by atoms with Gasteiger partial charge in [0.05, 0.1) is 13.2 Å². The van der Waals surface area contributed by atoms with E-state index in [4.69, 9.17) is 9.47 Å². The molecule has 1 saturated heterocycles. The molecule has 2 aromatic heterocycles. The maximum Gasteiger partial charge on any atom is 0.323 e. The Kier molecular flexibility index (Phi) is 3.73. The maximum atomic E-state index is 5.66. The lowest BCUT2D eigenvalue weighted by Crippen LogP contribution is -2.15. The fourth-order valence-electron chi connectivity index (χ4n) is 1.92. The zero-order chi connectivity index (χ0) is 13.8. The molecule has 0 amide bonds. The van der Waals surface area contributed by atoms with E-state index in [1.165, 1.54) is 0 Å². The average molecular weight is 276 g/mol. The lowest BCUT2D eigenvalue weighted by molar-refractivity contribution is 0.163. The summed E-state index contributed by atoms with van der Waals surface area (Å²) in [6.45, 7) is 2.09. The molecule has 0 bridgehead atoms. The summed E-state index contributed by atoms with van der Waals surface area (Å²) in [7, 11) is 1.75. The number of imidazole rings is 1. The van der Waals surface area contributed by atoms with E-state index in [1.807, 2.05) is 0 Å². The first kappa shape index (κ1) is 12.8. The van der Waals surface area contributed by atoms with Crippen molar-refractivity contribution >= 4 is 5.95 Å². The predicted octanol–water partition coefficient (Wildman–Crippen LogP) is 0.514. The fourth-order valence-corrected chi connectivity index (χ4v) is 1.92. The smallest absolute Gasteiger partial charge is 0.323 e. The summed E-state index contributed by atoms with van der Waals surface area (Å²) < 4.78 is 12.7. The Morgan fingerprint density at radius 2 is 2.40 bits per heavy atom. The van der Waals surface area contributed by atoms with Gasteiger partial charge in [-0.15, -0.1) is 0 Å². The van der Waals surface area contributed by atoms with Crippen molar-refractivity contribution in [2.75, 3.05) is 32.2 Å². The second kappa shape index (κ2) is 5.83. The number of rotatable bonds is 5. The Morgan fingerprint density at radius 3 is 3.10 bits per heavy atom. The number of anilines is 1. The normalized spacial score (nSPS) is 18.1. The third kappa shape index (κ3) is 2.85. The van der Waals surface area contributed by atoms with Crippen molar-refractivity contribution < 1.29 is 9.47 Å². The zero-order valence-corrected chi connectivity index (χ0v) is 11.2. The van der Waals surface area contributed by atoms with E-state index >= 15 is 0 Å². The Labute approximate surface area is 116 Å². The maximum absolute atomic E-state index is 5.66. The van der Waals surface area contributed by atoms with Crippen LogP contribution in [0.5, 0.6) is 6.01 Å². The molecule has 1 fully saturated rings. The highest BCUT2D eigenvalue weighted by atomic mass is 16.5. The van der Waals surface area contributed by atoms with E-state index in [0.717, 1.165) is 19.6 Å². The van der Waals surface area contributed by atoms with Crippen LogP contribution in [0.25, 0.3) is 5.95 Å². The van der Waals surface area contributed by atoms with Gasteiger partial charge in [-0.25, -0.2) is 4.98 Å². The van der Waals surface area contributed by atoms with E-state index in [2.05, 4.69) is 25.3 Å². The minimum Gasteiger partial charge on any atom is -0.463 e. The first-order chi connectivity index (χ1) is 9.85. The van der Waals surface area contributed by atoms with Crippen LogP contribution in [0.15, 0.2) is 18.7 Å². The van der Waals surface area contributed by atoms with Gasteiger partial charge in [0.2, 0.25) is 11.9 Å². The lowest BCUT2D eigenvalue weighted by Gasteiger charge is -2.10. The van der Waals surface area contributed by atoms with Crippen LogP contribution in [-0.4, -0.2) is 51.4 Å². The SMILES string of the molecule is CNc1nc(OCC2CCOC2)nc(-n2ccnc2)n1. The quantitative estimate of drug-likeness (QED) is 0.851. The van der Waals surface area contributed by atoms with Gasteiger partial charge >= 0.3 is 6.01 Å². The highest BCUT2D eigenvalue weighted by Crippen LogP contribution is 2.15.